The van der Waals surface area contributed by atoms with E-state index in [1.165, 1.54) is 25.7 Å². The zero-order valence-corrected chi connectivity index (χ0v) is 8.26. The molecule has 0 bridgehead atoms. The Bertz CT molecular complexity index is 278. The minimum absolute atomic E-state index is 0.0370. The normalized spacial score (nSPS) is 20.8. The van der Waals surface area contributed by atoms with Crippen molar-refractivity contribution in [1.82, 2.24) is 0 Å². The Morgan fingerprint density at radius 2 is 2.08 bits per heavy atom. The summed E-state index contributed by atoms with van der Waals surface area (Å²) in [5.41, 5.74) is 6.06. The fraction of sp³-hybridized carbons (Fsp3) is 0.600. The third kappa shape index (κ3) is 1.89. The van der Waals surface area contributed by atoms with Gasteiger partial charge in [0.1, 0.15) is 5.76 Å². The molecule has 1 fully saturated rings. The summed E-state index contributed by atoms with van der Waals surface area (Å²) in [4.78, 5) is 0. The second-order valence-electron chi connectivity index (χ2n) is 3.71. The Kier molecular flexibility index (Phi) is 2.61. The van der Waals surface area contributed by atoms with Crippen molar-refractivity contribution in [3.8, 4) is 0 Å². The van der Waals surface area contributed by atoms with E-state index in [9.17, 15) is 0 Å². The van der Waals surface area contributed by atoms with Crippen LogP contribution in [-0.4, -0.2) is 0 Å². The maximum Gasteiger partial charge on any atom is 0.193 e. The molecule has 13 heavy (non-hydrogen) atoms. The average molecular weight is 200 g/mol. The van der Waals surface area contributed by atoms with Crippen molar-refractivity contribution in [3.63, 3.8) is 0 Å². The van der Waals surface area contributed by atoms with Crippen LogP contribution in [0.25, 0.3) is 0 Å². The highest BCUT2D eigenvalue weighted by molar-refractivity contribution is 6.28. The smallest absolute Gasteiger partial charge is 0.193 e. The minimum Gasteiger partial charge on any atom is -0.448 e. The van der Waals surface area contributed by atoms with Gasteiger partial charge in [0.05, 0.1) is 6.04 Å². The standard InChI is InChI=1S/C10H14ClNO/c11-9-6-5-8(13-9)10(12)7-3-1-2-4-7/h5-7,10H,1-4,12H2/t10-/m1/s1. The van der Waals surface area contributed by atoms with Gasteiger partial charge in [0.25, 0.3) is 0 Å². The van der Waals surface area contributed by atoms with Gasteiger partial charge in [-0.1, -0.05) is 12.8 Å². The summed E-state index contributed by atoms with van der Waals surface area (Å²) in [6, 6.07) is 3.67. The highest BCUT2D eigenvalue weighted by Crippen LogP contribution is 2.35. The Balaban J connectivity index is 2.07. The van der Waals surface area contributed by atoms with Gasteiger partial charge >= 0.3 is 0 Å². The van der Waals surface area contributed by atoms with Crippen molar-refractivity contribution in [1.29, 1.82) is 0 Å². The topological polar surface area (TPSA) is 39.2 Å². The molecule has 0 spiro atoms. The Morgan fingerprint density at radius 3 is 2.62 bits per heavy atom. The number of furan rings is 1. The molecule has 0 unspecified atom stereocenters. The summed E-state index contributed by atoms with van der Waals surface area (Å²) >= 11 is 5.69. The first-order valence-corrected chi connectivity index (χ1v) is 5.16. The van der Waals surface area contributed by atoms with Gasteiger partial charge in [0.2, 0.25) is 0 Å². The number of halogens is 1. The molecule has 1 aliphatic rings. The van der Waals surface area contributed by atoms with E-state index in [1.807, 2.05) is 6.07 Å². The van der Waals surface area contributed by atoms with Crippen molar-refractivity contribution < 1.29 is 4.42 Å². The molecule has 3 heteroatoms. The molecule has 2 nitrogen and oxygen atoms in total. The molecule has 1 atom stereocenters. The van der Waals surface area contributed by atoms with Gasteiger partial charge in [-0.25, -0.2) is 0 Å². The molecule has 0 amide bonds. The van der Waals surface area contributed by atoms with E-state index in [0.29, 0.717) is 11.1 Å². The summed E-state index contributed by atoms with van der Waals surface area (Å²) in [7, 11) is 0. The van der Waals surface area contributed by atoms with Crippen LogP contribution in [0.5, 0.6) is 0 Å². The minimum atomic E-state index is 0.0370. The quantitative estimate of drug-likeness (QED) is 0.795. The first kappa shape index (κ1) is 9.10. The van der Waals surface area contributed by atoms with Gasteiger partial charge in [-0.3, -0.25) is 0 Å². The molecule has 1 saturated carbocycles. The van der Waals surface area contributed by atoms with Crippen LogP contribution in [0.2, 0.25) is 5.22 Å². The predicted molar refractivity (Wildman–Crippen MR) is 52.6 cm³/mol. The largest absolute Gasteiger partial charge is 0.448 e. The highest BCUT2D eigenvalue weighted by atomic mass is 35.5. The first-order valence-electron chi connectivity index (χ1n) is 4.78. The zero-order valence-electron chi connectivity index (χ0n) is 7.50. The molecule has 2 rings (SSSR count). The van der Waals surface area contributed by atoms with E-state index in [2.05, 4.69) is 0 Å². The van der Waals surface area contributed by atoms with Gasteiger partial charge in [0.15, 0.2) is 5.22 Å². The van der Waals surface area contributed by atoms with Gasteiger partial charge < -0.3 is 10.2 Å². The Hall–Kier alpha value is -0.470. The molecule has 72 valence electrons. The zero-order chi connectivity index (χ0) is 9.26. The Morgan fingerprint density at radius 1 is 1.38 bits per heavy atom. The van der Waals surface area contributed by atoms with Crippen LogP contribution in [0, 0.1) is 5.92 Å². The maximum atomic E-state index is 6.06. The maximum absolute atomic E-state index is 6.06. The van der Waals surface area contributed by atoms with E-state index >= 15 is 0 Å². The van der Waals surface area contributed by atoms with Crippen molar-refractivity contribution >= 4 is 11.6 Å². The fourth-order valence-corrected chi connectivity index (χ4v) is 2.21. The second-order valence-corrected chi connectivity index (χ2v) is 4.08. The first-order chi connectivity index (χ1) is 6.27. The lowest BCUT2D eigenvalue weighted by molar-refractivity contribution is 0.370. The summed E-state index contributed by atoms with van der Waals surface area (Å²) in [6.07, 6.45) is 5.04. The van der Waals surface area contributed by atoms with E-state index in [-0.39, 0.29) is 6.04 Å². The van der Waals surface area contributed by atoms with Crippen LogP contribution in [0.1, 0.15) is 37.5 Å². The monoisotopic (exact) mass is 199 g/mol. The third-order valence-corrected chi connectivity index (χ3v) is 3.03. The fourth-order valence-electron chi connectivity index (χ4n) is 2.06. The van der Waals surface area contributed by atoms with Crippen LogP contribution in [-0.2, 0) is 0 Å². The molecule has 1 aliphatic carbocycles. The summed E-state index contributed by atoms with van der Waals surface area (Å²) in [5.74, 6) is 1.42. The summed E-state index contributed by atoms with van der Waals surface area (Å²) in [5, 5.41) is 0.434. The Labute approximate surface area is 83.1 Å². The molecule has 0 aromatic carbocycles. The molecule has 2 N–H and O–H groups in total. The average Bonchev–Trinajstić information content (AvgIpc) is 2.72. The van der Waals surface area contributed by atoms with Gasteiger partial charge in [-0.15, -0.1) is 0 Å². The number of rotatable bonds is 2. The number of nitrogens with two attached hydrogens (primary N) is 1. The predicted octanol–water partition coefficient (Wildman–Crippen LogP) is 3.12. The summed E-state index contributed by atoms with van der Waals surface area (Å²) < 4.78 is 5.30. The molecule has 1 aromatic rings. The van der Waals surface area contributed by atoms with Crippen molar-refractivity contribution in [2.24, 2.45) is 11.7 Å². The van der Waals surface area contributed by atoms with Gasteiger partial charge in [-0.05, 0) is 42.5 Å². The molecule has 0 aliphatic heterocycles. The lowest BCUT2D eigenvalue weighted by Crippen LogP contribution is -2.18. The third-order valence-electron chi connectivity index (χ3n) is 2.83. The molecule has 0 radical (unpaired) electrons. The van der Waals surface area contributed by atoms with Crippen LogP contribution < -0.4 is 5.73 Å². The van der Waals surface area contributed by atoms with Crippen LogP contribution in [0.4, 0.5) is 0 Å². The highest BCUT2D eigenvalue weighted by Gasteiger charge is 2.25. The van der Waals surface area contributed by atoms with Gasteiger partial charge in [0, 0.05) is 0 Å². The molecular weight excluding hydrogens is 186 g/mol. The molecule has 0 saturated heterocycles. The lowest BCUT2D eigenvalue weighted by atomic mass is 9.97. The van der Waals surface area contributed by atoms with Gasteiger partial charge in [-0.2, -0.15) is 0 Å². The summed E-state index contributed by atoms with van der Waals surface area (Å²) in [6.45, 7) is 0. The number of hydrogen-bond donors (Lipinski definition) is 1. The molecule has 1 aromatic heterocycles. The van der Waals surface area contributed by atoms with Crippen LogP contribution in [0.3, 0.4) is 0 Å². The molecule has 1 heterocycles. The van der Waals surface area contributed by atoms with Crippen molar-refractivity contribution in [2.45, 2.75) is 31.7 Å². The second kappa shape index (κ2) is 3.72. The van der Waals surface area contributed by atoms with E-state index in [0.717, 1.165) is 5.76 Å². The lowest BCUT2D eigenvalue weighted by Gasteiger charge is -2.15. The van der Waals surface area contributed by atoms with E-state index in [1.54, 1.807) is 6.07 Å². The number of hydrogen-bond acceptors (Lipinski definition) is 2. The van der Waals surface area contributed by atoms with E-state index < -0.39 is 0 Å². The molecular formula is C10H14ClNO. The van der Waals surface area contributed by atoms with Crippen molar-refractivity contribution in [3.05, 3.63) is 23.1 Å². The van der Waals surface area contributed by atoms with Crippen LogP contribution in [0.15, 0.2) is 16.5 Å². The van der Waals surface area contributed by atoms with Crippen LogP contribution >= 0.6 is 11.6 Å². The van der Waals surface area contributed by atoms with E-state index in [4.69, 9.17) is 21.8 Å². The SMILES string of the molecule is N[C@@H](c1ccc(Cl)o1)C1CCCC1. The van der Waals surface area contributed by atoms with Crippen molar-refractivity contribution in [2.75, 3.05) is 0 Å².